The molecule has 3 aliphatic heterocycles. The highest BCUT2D eigenvalue weighted by molar-refractivity contribution is 5.69. The number of epoxide rings is 2. The van der Waals surface area contributed by atoms with Gasteiger partial charge in [0.25, 0.3) is 0 Å². The van der Waals surface area contributed by atoms with E-state index in [1.54, 1.807) is 12.0 Å². The Morgan fingerprint density at radius 1 is 1.28 bits per heavy atom. The monoisotopic (exact) mass is 453 g/mol. The first-order valence-electron chi connectivity index (χ1n) is 11.5. The van der Waals surface area contributed by atoms with E-state index in [1.165, 1.54) is 5.57 Å². The second-order valence-corrected chi connectivity index (χ2v) is 9.86. The van der Waals surface area contributed by atoms with Crippen LogP contribution >= 0.6 is 0 Å². The Hall–Kier alpha value is -1.68. The number of nitrogens with zero attached hydrogens (tertiary/aromatic N) is 1. The maximum absolute atomic E-state index is 12.9. The number of carboxylic acid groups (broad SMARTS) is 1. The van der Waals surface area contributed by atoms with E-state index >= 15 is 0 Å². The van der Waals surface area contributed by atoms with E-state index in [-0.39, 0.29) is 42.0 Å². The molecule has 0 aromatic heterocycles. The molecule has 9 heteroatoms. The fourth-order valence-corrected chi connectivity index (χ4v) is 5.49. The third kappa shape index (κ3) is 4.66. The van der Waals surface area contributed by atoms with Gasteiger partial charge in [-0.1, -0.05) is 11.6 Å². The number of amides is 1. The third-order valence-corrected chi connectivity index (χ3v) is 7.33. The Kier molecular flexibility index (Phi) is 6.55. The summed E-state index contributed by atoms with van der Waals surface area (Å²) in [6, 6.07) is 0. The van der Waals surface area contributed by atoms with Gasteiger partial charge < -0.3 is 33.7 Å². The second-order valence-electron chi connectivity index (χ2n) is 9.86. The van der Waals surface area contributed by atoms with Gasteiger partial charge in [0.05, 0.1) is 31.3 Å². The molecule has 3 heterocycles. The number of methoxy groups -OCH3 is 1. The number of aliphatic carboxylic acids is 1. The molecule has 1 unspecified atom stereocenters. The molecule has 1 amide bonds. The number of likely N-dealkylation sites (tertiary alicyclic amines) is 1. The van der Waals surface area contributed by atoms with Crippen LogP contribution in [0.2, 0.25) is 0 Å². The van der Waals surface area contributed by atoms with Crippen LogP contribution in [0.25, 0.3) is 0 Å². The van der Waals surface area contributed by atoms with Gasteiger partial charge in [-0.05, 0) is 46.5 Å². The van der Waals surface area contributed by atoms with Crippen molar-refractivity contribution in [2.75, 3.05) is 33.4 Å². The number of carbonyl (C=O) groups excluding carboxylic acids is 1. The van der Waals surface area contributed by atoms with Crippen molar-refractivity contribution in [2.45, 2.75) is 82.1 Å². The molecule has 1 spiro atoms. The number of hydrogen-bond acceptors (Lipinski definition) is 7. The maximum Gasteiger partial charge on any atom is 0.410 e. The summed E-state index contributed by atoms with van der Waals surface area (Å²) in [5, 5.41) is 8.78. The zero-order valence-corrected chi connectivity index (χ0v) is 19.4. The summed E-state index contributed by atoms with van der Waals surface area (Å²) in [6.45, 7) is 7.41. The van der Waals surface area contributed by atoms with Crippen molar-refractivity contribution in [3.63, 3.8) is 0 Å². The molecule has 4 fully saturated rings. The van der Waals surface area contributed by atoms with Gasteiger partial charge in [0.1, 0.15) is 30.0 Å². The van der Waals surface area contributed by atoms with Crippen LogP contribution in [-0.2, 0) is 28.5 Å². The lowest BCUT2D eigenvalue weighted by atomic mass is 9.68. The van der Waals surface area contributed by atoms with Gasteiger partial charge in [-0.15, -0.1) is 0 Å². The van der Waals surface area contributed by atoms with Gasteiger partial charge in [-0.3, -0.25) is 0 Å². The molecule has 32 heavy (non-hydrogen) atoms. The van der Waals surface area contributed by atoms with Crippen molar-refractivity contribution >= 4 is 12.1 Å². The summed E-state index contributed by atoms with van der Waals surface area (Å²) >= 11 is 0. The first-order chi connectivity index (χ1) is 15.2. The Morgan fingerprint density at radius 3 is 2.66 bits per heavy atom. The average molecular weight is 454 g/mol. The molecule has 7 atom stereocenters. The molecule has 0 aromatic rings. The van der Waals surface area contributed by atoms with Crippen LogP contribution in [0.3, 0.4) is 0 Å². The van der Waals surface area contributed by atoms with E-state index in [1.807, 2.05) is 0 Å². The highest BCUT2D eigenvalue weighted by atomic mass is 16.6. The summed E-state index contributed by atoms with van der Waals surface area (Å²) in [7, 11) is 1.66. The normalized spacial score (nSPS) is 40.2. The van der Waals surface area contributed by atoms with Crippen LogP contribution < -0.4 is 0 Å². The van der Waals surface area contributed by atoms with Crippen molar-refractivity contribution in [3.05, 3.63) is 11.6 Å². The molecule has 180 valence electrons. The summed E-state index contributed by atoms with van der Waals surface area (Å²) < 4.78 is 29.3. The van der Waals surface area contributed by atoms with Crippen LogP contribution in [0.5, 0.6) is 0 Å². The van der Waals surface area contributed by atoms with E-state index in [9.17, 15) is 9.59 Å². The van der Waals surface area contributed by atoms with Crippen LogP contribution in [0, 0.1) is 5.92 Å². The van der Waals surface area contributed by atoms with Crippen molar-refractivity contribution in [3.8, 4) is 0 Å². The van der Waals surface area contributed by atoms with E-state index in [4.69, 9.17) is 28.8 Å². The summed E-state index contributed by atoms with van der Waals surface area (Å²) in [4.78, 5) is 25.1. The second kappa shape index (κ2) is 8.93. The van der Waals surface area contributed by atoms with E-state index in [2.05, 4.69) is 26.8 Å². The Labute approximate surface area is 188 Å². The highest BCUT2D eigenvalue weighted by Crippen LogP contribution is 2.59. The zero-order chi connectivity index (χ0) is 23.1. The van der Waals surface area contributed by atoms with Crippen LogP contribution in [0.15, 0.2) is 11.6 Å². The predicted molar refractivity (Wildman–Crippen MR) is 113 cm³/mol. The summed E-state index contributed by atoms with van der Waals surface area (Å²) in [5.41, 5.74) is 0.620. The molecule has 4 aliphatic rings. The van der Waals surface area contributed by atoms with Crippen molar-refractivity contribution < 1.29 is 38.4 Å². The first kappa shape index (κ1) is 23.5. The minimum atomic E-state index is -1.02. The van der Waals surface area contributed by atoms with Crippen LogP contribution in [0.4, 0.5) is 4.79 Å². The number of carboxylic acids is 1. The minimum absolute atomic E-state index is 0.0210. The Morgan fingerprint density at radius 2 is 2.03 bits per heavy atom. The van der Waals surface area contributed by atoms with Crippen molar-refractivity contribution in [2.24, 2.45) is 5.92 Å². The average Bonchev–Trinajstić information content (AvgIpc) is 3.59. The standard InChI is InChI=1S/C23H35NO8/c1-14(2)5-6-17-22(3,32-17)20-19(28-4)16(7-9-23(20)13-30-23)31-21(27)24-10-8-15(11-24)29-12-18(25)26/h5,15-17,19-20H,6-13H2,1-4H3,(H,25,26)/t15-,16+,17?,19+,20+,22-,23-/m0/s1. The van der Waals surface area contributed by atoms with E-state index < -0.39 is 18.2 Å². The highest BCUT2D eigenvalue weighted by Gasteiger charge is 2.72. The quantitative estimate of drug-likeness (QED) is 0.441. The van der Waals surface area contributed by atoms with Gasteiger partial charge >= 0.3 is 12.1 Å². The number of ether oxygens (including phenoxy) is 5. The van der Waals surface area contributed by atoms with Crippen LogP contribution in [0.1, 0.15) is 46.5 Å². The summed E-state index contributed by atoms with van der Waals surface area (Å²) in [5.74, 6) is -1.04. The van der Waals surface area contributed by atoms with Crippen molar-refractivity contribution in [1.29, 1.82) is 0 Å². The number of allylic oxidation sites excluding steroid dienone is 1. The minimum Gasteiger partial charge on any atom is -0.480 e. The lowest BCUT2D eigenvalue weighted by Gasteiger charge is -2.43. The van der Waals surface area contributed by atoms with Gasteiger partial charge in [-0.25, -0.2) is 9.59 Å². The lowest BCUT2D eigenvalue weighted by Crippen LogP contribution is -2.56. The van der Waals surface area contributed by atoms with Gasteiger partial charge in [0.15, 0.2) is 0 Å². The van der Waals surface area contributed by atoms with E-state index in [0.29, 0.717) is 32.5 Å². The van der Waals surface area contributed by atoms with E-state index in [0.717, 1.165) is 12.8 Å². The summed E-state index contributed by atoms with van der Waals surface area (Å²) in [6.07, 6.45) is 3.79. The smallest absolute Gasteiger partial charge is 0.410 e. The molecule has 0 radical (unpaired) electrons. The molecule has 1 N–H and O–H groups in total. The third-order valence-electron chi connectivity index (χ3n) is 7.33. The number of hydrogen-bond donors (Lipinski definition) is 1. The van der Waals surface area contributed by atoms with Gasteiger partial charge in [0, 0.05) is 13.7 Å². The molecule has 9 nitrogen and oxygen atoms in total. The predicted octanol–water partition coefficient (Wildman–Crippen LogP) is 2.37. The number of carbonyl (C=O) groups is 2. The Balaban J connectivity index is 1.39. The largest absolute Gasteiger partial charge is 0.480 e. The number of rotatable bonds is 8. The van der Waals surface area contributed by atoms with Gasteiger partial charge in [-0.2, -0.15) is 0 Å². The Bertz CT molecular complexity index is 761. The molecule has 0 bridgehead atoms. The fourth-order valence-electron chi connectivity index (χ4n) is 5.49. The zero-order valence-electron chi connectivity index (χ0n) is 19.4. The fraction of sp³-hybridized carbons (Fsp3) is 0.826. The molecular weight excluding hydrogens is 418 g/mol. The molecule has 1 saturated carbocycles. The molecule has 3 saturated heterocycles. The van der Waals surface area contributed by atoms with Crippen molar-refractivity contribution in [1.82, 2.24) is 4.90 Å². The molecule has 0 aromatic carbocycles. The molecule has 4 rings (SSSR count). The molecular formula is C23H35NO8. The topological polar surface area (TPSA) is 110 Å². The van der Waals surface area contributed by atoms with Gasteiger partial charge in [0.2, 0.25) is 0 Å². The lowest BCUT2D eigenvalue weighted by molar-refractivity contribution is -0.144. The first-order valence-corrected chi connectivity index (χ1v) is 11.5. The SMILES string of the molecule is CO[C@@H]1[C@H](OC(=O)N2CC[C@H](OCC(=O)O)C2)CC[C@]2(CO2)[C@H]1[C@@]1(C)OC1CC=C(C)C. The molecule has 1 aliphatic carbocycles. The van der Waals surface area contributed by atoms with Crippen LogP contribution in [-0.4, -0.2) is 91.1 Å². The maximum atomic E-state index is 12.9.